The van der Waals surface area contributed by atoms with Gasteiger partial charge in [-0.15, -0.1) is 0 Å². The lowest BCUT2D eigenvalue weighted by Gasteiger charge is -2.19. The minimum absolute atomic E-state index is 0.259. The summed E-state index contributed by atoms with van der Waals surface area (Å²) in [5.74, 6) is 0. The molecule has 4 nitrogen and oxygen atoms in total. The average molecular weight is 217 g/mol. The van der Waals surface area contributed by atoms with E-state index in [1.165, 1.54) is 0 Å². The van der Waals surface area contributed by atoms with Gasteiger partial charge >= 0.3 is 6.09 Å². The van der Waals surface area contributed by atoms with Crippen LogP contribution in [0.2, 0.25) is 0 Å². The van der Waals surface area contributed by atoms with Gasteiger partial charge in [0.25, 0.3) is 0 Å². The van der Waals surface area contributed by atoms with E-state index in [0.29, 0.717) is 13.0 Å². The molecule has 0 aromatic rings. The van der Waals surface area contributed by atoms with Crippen LogP contribution in [0, 0.1) is 0 Å². The summed E-state index contributed by atoms with van der Waals surface area (Å²) in [6.07, 6.45) is 1.59. The number of carbonyl (C=O) groups excluding carboxylic acids is 1. The highest BCUT2D eigenvalue weighted by Crippen LogP contribution is 2.06. The van der Waals surface area contributed by atoms with E-state index < -0.39 is 11.7 Å². The highest BCUT2D eigenvalue weighted by molar-refractivity contribution is 5.67. The number of nitrogens with one attached hydrogen (secondary N) is 1. The predicted molar refractivity (Wildman–Crippen MR) is 59.8 cm³/mol. The van der Waals surface area contributed by atoms with Crippen LogP contribution in [-0.2, 0) is 4.74 Å². The lowest BCUT2D eigenvalue weighted by atomic mass is 10.1. The van der Waals surface area contributed by atoms with E-state index in [1.54, 1.807) is 0 Å². The molecular weight excluding hydrogens is 194 g/mol. The van der Waals surface area contributed by atoms with E-state index in [0.717, 1.165) is 12.8 Å². The van der Waals surface area contributed by atoms with Crippen molar-refractivity contribution in [1.82, 2.24) is 5.32 Å². The Labute approximate surface area is 92.0 Å². The molecule has 1 amide bonds. The lowest BCUT2D eigenvalue weighted by Crippen LogP contribution is -2.33. The van der Waals surface area contributed by atoms with Gasteiger partial charge in [-0.25, -0.2) is 4.79 Å². The average Bonchev–Trinajstić information content (AvgIpc) is 2.09. The highest BCUT2D eigenvalue weighted by Gasteiger charge is 2.15. The summed E-state index contributed by atoms with van der Waals surface area (Å²) in [5, 5.41) is 11.9. The molecule has 90 valence electrons. The van der Waals surface area contributed by atoms with Gasteiger partial charge in [0.15, 0.2) is 0 Å². The fourth-order valence-corrected chi connectivity index (χ4v) is 1.05. The standard InChI is InChI=1S/C11H23NO3/c1-5-9(13)7-6-8-12-10(14)15-11(2,3)4/h9,13H,5-8H2,1-4H3,(H,12,14). The second-order valence-electron chi connectivity index (χ2n) is 4.63. The molecule has 15 heavy (non-hydrogen) atoms. The molecule has 0 fully saturated rings. The van der Waals surface area contributed by atoms with E-state index in [-0.39, 0.29) is 6.10 Å². The number of alkyl carbamates (subject to hydrolysis) is 1. The van der Waals surface area contributed by atoms with Crippen molar-refractivity contribution in [2.75, 3.05) is 6.54 Å². The maximum Gasteiger partial charge on any atom is 0.407 e. The molecule has 4 heteroatoms. The Morgan fingerprint density at radius 3 is 2.53 bits per heavy atom. The first-order valence-corrected chi connectivity index (χ1v) is 5.50. The van der Waals surface area contributed by atoms with E-state index in [4.69, 9.17) is 4.74 Å². The Morgan fingerprint density at radius 2 is 2.07 bits per heavy atom. The van der Waals surface area contributed by atoms with Crippen molar-refractivity contribution in [2.24, 2.45) is 0 Å². The molecule has 0 bridgehead atoms. The molecule has 0 heterocycles. The van der Waals surface area contributed by atoms with E-state index in [2.05, 4.69) is 5.32 Å². The first-order chi connectivity index (χ1) is 6.85. The summed E-state index contributed by atoms with van der Waals surface area (Å²) in [7, 11) is 0. The van der Waals surface area contributed by atoms with Gasteiger partial charge in [-0.2, -0.15) is 0 Å². The fraction of sp³-hybridized carbons (Fsp3) is 0.909. The van der Waals surface area contributed by atoms with E-state index in [1.807, 2.05) is 27.7 Å². The van der Waals surface area contributed by atoms with Crippen LogP contribution in [0.1, 0.15) is 47.0 Å². The summed E-state index contributed by atoms with van der Waals surface area (Å²) < 4.78 is 5.06. The minimum atomic E-state index is -0.451. The molecule has 0 aliphatic rings. The maximum absolute atomic E-state index is 11.2. The van der Waals surface area contributed by atoms with Crippen molar-refractivity contribution in [2.45, 2.75) is 58.7 Å². The molecule has 0 saturated heterocycles. The van der Waals surface area contributed by atoms with Gasteiger partial charge in [-0.1, -0.05) is 6.92 Å². The monoisotopic (exact) mass is 217 g/mol. The number of hydrogen-bond acceptors (Lipinski definition) is 3. The lowest BCUT2D eigenvalue weighted by molar-refractivity contribution is 0.0523. The fourth-order valence-electron chi connectivity index (χ4n) is 1.05. The van der Waals surface area contributed by atoms with Crippen LogP contribution in [0.3, 0.4) is 0 Å². The topological polar surface area (TPSA) is 58.6 Å². The summed E-state index contributed by atoms with van der Waals surface area (Å²) in [5.41, 5.74) is -0.451. The summed E-state index contributed by atoms with van der Waals surface area (Å²) in [6, 6.07) is 0. The molecule has 0 aromatic heterocycles. The summed E-state index contributed by atoms with van der Waals surface area (Å²) in [4.78, 5) is 11.2. The van der Waals surface area contributed by atoms with Gasteiger partial charge in [-0.3, -0.25) is 0 Å². The first-order valence-electron chi connectivity index (χ1n) is 5.50. The number of aliphatic hydroxyl groups excluding tert-OH is 1. The zero-order valence-corrected chi connectivity index (χ0v) is 10.2. The van der Waals surface area contributed by atoms with Gasteiger partial charge in [0.1, 0.15) is 5.60 Å². The van der Waals surface area contributed by atoms with Crippen LogP contribution < -0.4 is 5.32 Å². The predicted octanol–water partition coefficient (Wildman–Crippen LogP) is 2.06. The number of rotatable bonds is 5. The smallest absolute Gasteiger partial charge is 0.407 e. The van der Waals surface area contributed by atoms with Crippen LogP contribution in [-0.4, -0.2) is 29.4 Å². The molecule has 0 aromatic carbocycles. The van der Waals surface area contributed by atoms with Crippen molar-refractivity contribution >= 4 is 6.09 Å². The Balaban J connectivity index is 3.48. The number of aliphatic hydroxyl groups is 1. The molecule has 0 spiro atoms. The molecule has 2 N–H and O–H groups in total. The van der Waals surface area contributed by atoms with Crippen molar-refractivity contribution in [3.05, 3.63) is 0 Å². The van der Waals surface area contributed by atoms with Gasteiger partial charge in [0.2, 0.25) is 0 Å². The molecule has 1 atom stereocenters. The van der Waals surface area contributed by atoms with Crippen molar-refractivity contribution in [3.8, 4) is 0 Å². The Bertz CT molecular complexity index is 187. The Kier molecular flexibility index (Phi) is 6.32. The molecule has 1 unspecified atom stereocenters. The van der Waals surface area contributed by atoms with E-state index in [9.17, 15) is 9.90 Å². The quantitative estimate of drug-likeness (QED) is 0.693. The number of hydrogen-bond donors (Lipinski definition) is 2. The molecule has 0 saturated carbocycles. The molecule has 0 aliphatic carbocycles. The highest BCUT2D eigenvalue weighted by atomic mass is 16.6. The first kappa shape index (κ1) is 14.2. The minimum Gasteiger partial charge on any atom is -0.444 e. The summed E-state index contributed by atoms with van der Waals surface area (Å²) in [6.45, 7) is 7.96. The Hall–Kier alpha value is -0.770. The van der Waals surface area contributed by atoms with Crippen LogP contribution in [0.15, 0.2) is 0 Å². The molecule has 0 radical (unpaired) electrons. The van der Waals surface area contributed by atoms with Gasteiger partial charge in [-0.05, 0) is 40.0 Å². The van der Waals surface area contributed by atoms with Crippen LogP contribution in [0.4, 0.5) is 4.79 Å². The van der Waals surface area contributed by atoms with E-state index >= 15 is 0 Å². The van der Waals surface area contributed by atoms with Crippen molar-refractivity contribution in [3.63, 3.8) is 0 Å². The third-order valence-corrected chi connectivity index (χ3v) is 1.85. The van der Waals surface area contributed by atoms with Crippen LogP contribution >= 0.6 is 0 Å². The number of ether oxygens (including phenoxy) is 1. The van der Waals surface area contributed by atoms with Gasteiger partial charge in [0.05, 0.1) is 6.10 Å². The normalized spacial score (nSPS) is 13.4. The molecule has 0 rings (SSSR count). The third kappa shape index (κ3) is 9.53. The number of carbonyl (C=O) groups is 1. The largest absolute Gasteiger partial charge is 0.444 e. The van der Waals surface area contributed by atoms with Gasteiger partial charge < -0.3 is 15.2 Å². The zero-order valence-electron chi connectivity index (χ0n) is 10.2. The van der Waals surface area contributed by atoms with Crippen LogP contribution in [0.5, 0.6) is 0 Å². The van der Waals surface area contributed by atoms with Crippen molar-refractivity contribution in [1.29, 1.82) is 0 Å². The maximum atomic E-state index is 11.2. The second kappa shape index (κ2) is 6.67. The third-order valence-electron chi connectivity index (χ3n) is 1.85. The van der Waals surface area contributed by atoms with Crippen LogP contribution in [0.25, 0.3) is 0 Å². The number of amides is 1. The Morgan fingerprint density at radius 1 is 1.47 bits per heavy atom. The zero-order chi connectivity index (χ0) is 11.9. The second-order valence-corrected chi connectivity index (χ2v) is 4.63. The molecular formula is C11H23NO3. The van der Waals surface area contributed by atoms with Gasteiger partial charge in [0, 0.05) is 6.54 Å². The van der Waals surface area contributed by atoms with Crippen molar-refractivity contribution < 1.29 is 14.6 Å². The molecule has 0 aliphatic heterocycles. The SMILES string of the molecule is CCC(O)CCCNC(=O)OC(C)(C)C. The summed E-state index contributed by atoms with van der Waals surface area (Å²) >= 11 is 0.